The van der Waals surface area contributed by atoms with Crippen molar-refractivity contribution in [2.75, 3.05) is 6.61 Å². The molecule has 1 aliphatic rings. The molecule has 1 atom stereocenters. The van der Waals surface area contributed by atoms with Crippen LogP contribution in [0.1, 0.15) is 83.7 Å². The second kappa shape index (κ2) is 12.1. The Morgan fingerprint density at radius 2 is 1.87 bits per heavy atom. The van der Waals surface area contributed by atoms with Gasteiger partial charge in [0.15, 0.2) is 29.0 Å². The fourth-order valence-corrected chi connectivity index (χ4v) is 5.45. The van der Waals surface area contributed by atoms with Gasteiger partial charge in [-0.3, -0.25) is 4.79 Å². The lowest BCUT2D eigenvalue weighted by atomic mass is 9.91. The predicted molar refractivity (Wildman–Crippen MR) is 155 cm³/mol. The summed E-state index contributed by atoms with van der Waals surface area (Å²) in [5, 5.41) is 17.3. The lowest BCUT2D eigenvalue weighted by Crippen LogP contribution is -2.29. The minimum atomic E-state index is -3.03. The van der Waals surface area contributed by atoms with Gasteiger partial charge in [0.1, 0.15) is 5.82 Å². The van der Waals surface area contributed by atoms with E-state index in [-0.39, 0.29) is 46.2 Å². The van der Waals surface area contributed by atoms with Crippen LogP contribution in [0.3, 0.4) is 0 Å². The van der Waals surface area contributed by atoms with Crippen molar-refractivity contribution in [3.8, 4) is 17.0 Å². The maximum atomic E-state index is 15.5. The van der Waals surface area contributed by atoms with Gasteiger partial charge < -0.3 is 19.9 Å². The molecule has 2 N–H and O–H groups in total. The van der Waals surface area contributed by atoms with E-state index in [2.05, 4.69) is 15.4 Å². The molecule has 9 nitrogen and oxygen atoms in total. The van der Waals surface area contributed by atoms with Crippen molar-refractivity contribution in [2.24, 2.45) is 0 Å². The molecule has 5 rings (SSSR count). The first-order valence-electron chi connectivity index (χ1n) is 14.3. The number of aryl methyl sites for hydroxylation is 1. The van der Waals surface area contributed by atoms with E-state index in [9.17, 15) is 27.9 Å². The molecule has 0 bridgehead atoms. The summed E-state index contributed by atoms with van der Waals surface area (Å²) < 4.78 is 68.4. The Hall–Kier alpha value is -4.52. The van der Waals surface area contributed by atoms with E-state index in [4.69, 9.17) is 9.47 Å². The molecule has 3 heterocycles. The Morgan fingerprint density at radius 3 is 2.53 bits per heavy atom. The summed E-state index contributed by atoms with van der Waals surface area (Å²) in [7, 11) is 0. The van der Waals surface area contributed by atoms with Crippen molar-refractivity contribution in [3.05, 3.63) is 81.2 Å². The molecule has 13 heteroatoms. The standard InChI is InChI=1S/C32H32F4N4O5/c1-15-18-7-6-10-44-27(18)22(34)12-19(15)26-25(28(31(42)43)45-32(3,4)5)16(2)38-24-13-23(39-40(24)26)30(41)37-14-17-8-9-21(33)20(11-17)29(35)36/h8-9,11-13,28-29H,6-7,10,14H2,1-5H3,(H,37,41)(H,42,43). The Morgan fingerprint density at radius 1 is 1.13 bits per heavy atom. The minimum Gasteiger partial charge on any atom is -0.490 e. The van der Waals surface area contributed by atoms with Crippen molar-refractivity contribution in [1.82, 2.24) is 19.9 Å². The van der Waals surface area contributed by atoms with Crippen molar-refractivity contribution >= 4 is 17.5 Å². The van der Waals surface area contributed by atoms with Gasteiger partial charge in [-0.2, -0.15) is 5.10 Å². The van der Waals surface area contributed by atoms with Gasteiger partial charge in [-0.25, -0.2) is 31.9 Å². The first kappa shape index (κ1) is 31.9. The SMILES string of the molecule is Cc1nc2cc(C(=O)NCc3ccc(F)c(C(F)F)c3)nn2c(-c2cc(F)c3c(c2C)CCCO3)c1C(OC(C)(C)C)C(=O)O. The molecule has 4 aromatic rings. The highest BCUT2D eigenvalue weighted by Gasteiger charge is 2.35. The molecular formula is C32H32F4N4O5. The molecule has 0 aliphatic carbocycles. The molecule has 238 valence electrons. The number of aliphatic carboxylic acids is 1. The van der Waals surface area contributed by atoms with Crippen LogP contribution in [0.15, 0.2) is 30.3 Å². The molecule has 0 saturated carbocycles. The maximum absolute atomic E-state index is 15.5. The van der Waals surface area contributed by atoms with E-state index < -0.39 is 47.2 Å². The van der Waals surface area contributed by atoms with E-state index >= 15 is 4.39 Å². The lowest BCUT2D eigenvalue weighted by molar-refractivity contribution is -0.160. The molecule has 2 aromatic heterocycles. The normalized spacial score (nSPS) is 13.9. The number of halogens is 4. The monoisotopic (exact) mass is 628 g/mol. The number of aromatic nitrogens is 3. The fourth-order valence-electron chi connectivity index (χ4n) is 5.45. The van der Waals surface area contributed by atoms with E-state index in [1.54, 1.807) is 34.6 Å². The molecule has 0 fully saturated rings. The van der Waals surface area contributed by atoms with E-state index in [1.165, 1.54) is 22.7 Å². The number of amides is 1. The number of nitrogens with one attached hydrogen (secondary N) is 1. The first-order valence-corrected chi connectivity index (χ1v) is 14.3. The lowest BCUT2D eigenvalue weighted by Gasteiger charge is -2.28. The highest BCUT2D eigenvalue weighted by Crippen LogP contribution is 2.41. The van der Waals surface area contributed by atoms with Gasteiger partial charge in [0.2, 0.25) is 0 Å². The third-order valence-corrected chi connectivity index (χ3v) is 7.46. The number of rotatable bonds is 8. The summed E-state index contributed by atoms with van der Waals surface area (Å²) >= 11 is 0. The number of ether oxygens (including phenoxy) is 2. The Kier molecular flexibility index (Phi) is 8.58. The number of carbonyl (C=O) groups is 2. The number of alkyl halides is 2. The third-order valence-electron chi connectivity index (χ3n) is 7.46. The van der Waals surface area contributed by atoms with Gasteiger partial charge in [0, 0.05) is 35.0 Å². The predicted octanol–water partition coefficient (Wildman–Crippen LogP) is 6.42. The summed E-state index contributed by atoms with van der Waals surface area (Å²) in [5.74, 6) is -3.54. The largest absolute Gasteiger partial charge is 0.490 e. The zero-order valence-electron chi connectivity index (χ0n) is 25.3. The summed E-state index contributed by atoms with van der Waals surface area (Å²) in [4.78, 5) is 30.4. The minimum absolute atomic E-state index is 0.125. The molecule has 45 heavy (non-hydrogen) atoms. The van der Waals surface area contributed by atoms with E-state index in [0.717, 1.165) is 12.1 Å². The Bertz CT molecular complexity index is 1820. The van der Waals surface area contributed by atoms with Crippen LogP contribution in [-0.4, -0.2) is 43.8 Å². The number of fused-ring (bicyclic) bond motifs is 2. The molecule has 2 aromatic carbocycles. The number of carboxylic acids is 1. The molecule has 1 unspecified atom stereocenters. The van der Waals surface area contributed by atoms with Crippen LogP contribution in [0.2, 0.25) is 0 Å². The average molecular weight is 629 g/mol. The van der Waals surface area contributed by atoms with Crippen LogP contribution in [0, 0.1) is 25.5 Å². The van der Waals surface area contributed by atoms with Gasteiger partial charge in [0.05, 0.1) is 23.5 Å². The quantitative estimate of drug-likeness (QED) is 0.216. The summed E-state index contributed by atoms with van der Waals surface area (Å²) in [6.07, 6.45) is -3.35. The second-order valence-electron chi connectivity index (χ2n) is 11.8. The van der Waals surface area contributed by atoms with Crippen LogP contribution >= 0.6 is 0 Å². The van der Waals surface area contributed by atoms with Crippen LogP contribution in [0.5, 0.6) is 5.75 Å². The molecule has 1 amide bonds. The van der Waals surface area contributed by atoms with Crippen LogP contribution in [0.4, 0.5) is 17.6 Å². The molecule has 1 aliphatic heterocycles. The third kappa shape index (κ3) is 6.35. The van der Waals surface area contributed by atoms with Gasteiger partial charge in [-0.1, -0.05) is 6.07 Å². The summed E-state index contributed by atoms with van der Waals surface area (Å²) in [6.45, 7) is 8.64. The topological polar surface area (TPSA) is 115 Å². The highest BCUT2D eigenvalue weighted by molar-refractivity contribution is 5.93. The number of hydrogen-bond acceptors (Lipinski definition) is 6. The van der Waals surface area contributed by atoms with Crippen molar-refractivity contribution in [2.45, 2.75) is 72.1 Å². The van der Waals surface area contributed by atoms with Gasteiger partial charge in [0.25, 0.3) is 12.3 Å². The van der Waals surface area contributed by atoms with Gasteiger partial charge in [-0.15, -0.1) is 0 Å². The highest BCUT2D eigenvalue weighted by atomic mass is 19.3. The van der Waals surface area contributed by atoms with Crippen LogP contribution in [0.25, 0.3) is 16.9 Å². The van der Waals surface area contributed by atoms with E-state index in [0.29, 0.717) is 36.1 Å². The zero-order valence-corrected chi connectivity index (χ0v) is 25.3. The number of hydrogen-bond donors (Lipinski definition) is 2. The average Bonchev–Trinajstić information content (AvgIpc) is 3.40. The zero-order chi connectivity index (χ0) is 32.8. The number of nitrogens with zero attached hydrogens (tertiary/aromatic N) is 3. The molecule has 0 radical (unpaired) electrons. The fraction of sp³-hybridized carbons (Fsp3) is 0.375. The summed E-state index contributed by atoms with van der Waals surface area (Å²) in [5.41, 5.74) is 0.794. The Balaban J connectivity index is 1.66. The Labute approximate surface area is 256 Å². The van der Waals surface area contributed by atoms with Crippen molar-refractivity contribution < 1.29 is 41.7 Å². The molecule has 0 saturated heterocycles. The number of carbonyl (C=O) groups excluding carboxylic acids is 1. The van der Waals surface area contributed by atoms with Crippen LogP contribution in [-0.2, 0) is 22.5 Å². The van der Waals surface area contributed by atoms with Gasteiger partial charge >= 0.3 is 5.97 Å². The number of carboxylic acid groups (broad SMARTS) is 1. The first-order chi connectivity index (χ1) is 21.2. The molecule has 0 spiro atoms. The van der Waals surface area contributed by atoms with Crippen molar-refractivity contribution in [3.63, 3.8) is 0 Å². The van der Waals surface area contributed by atoms with E-state index in [1.807, 2.05) is 0 Å². The number of benzene rings is 2. The van der Waals surface area contributed by atoms with Crippen molar-refractivity contribution in [1.29, 1.82) is 0 Å². The van der Waals surface area contributed by atoms with Crippen LogP contribution < -0.4 is 10.1 Å². The molecular weight excluding hydrogens is 596 g/mol. The maximum Gasteiger partial charge on any atom is 0.337 e. The summed E-state index contributed by atoms with van der Waals surface area (Å²) in [6, 6.07) is 5.77. The smallest absolute Gasteiger partial charge is 0.337 e. The second-order valence-corrected chi connectivity index (χ2v) is 11.8. The van der Waals surface area contributed by atoms with Gasteiger partial charge in [-0.05, 0) is 76.8 Å².